The molecule has 1 saturated heterocycles. The van der Waals surface area contributed by atoms with E-state index in [9.17, 15) is 9.59 Å². The Morgan fingerprint density at radius 2 is 2.16 bits per heavy atom. The third-order valence-electron chi connectivity index (χ3n) is 3.24. The zero-order chi connectivity index (χ0) is 14.0. The van der Waals surface area contributed by atoms with E-state index in [0.29, 0.717) is 24.5 Å². The Bertz CT molecular complexity index is 512. The molecule has 0 bridgehead atoms. The lowest BCUT2D eigenvalue weighted by Crippen LogP contribution is -2.35. The highest BCUT2D eigenvalue weighted by atomic mass is 35.5. The number of nitrogens with zero attached hydrogens (tertiary/aromatic N) is 3. The van der Waals surface area contributed by atoms with Gasteiger partial charge in [0.05, 0.1) is 29.5 Å². The molecule has 2 amide bonds. The van der Waals surface area contributed by atoms with E-state index in [4.69, 9.17) is 11.6 Å². The van der Waals surface area contributed by atoms with Gasteiger partial charge in [0.1, 0.15) is 0 Å². The van der Waals surface area contributed by atoms with Crippen LogP contribution in [0.25, 0.3) is 0 Å². The SMILES string of the molecule is CCc1nn(C)c(CN2CCC(=O)NCC2=O)c1Cl. The Labute approximate surface area is 116 Å². The number of aryl methyl sites for hydroxylation is 2. The monoisotopic (exact) mass is 284 g/mol. The van der Waals surface area contributed by atoms with Crippen LogP contribution in [-0.4, -0.2) is 39.6 Å². The second-order valence-corrected chi connectivity index (χ2v) is 4.90. The van der Waals surface area contributed by atoms with Gasteiger partial charge in [0.25, 0.3) is 0 Å². The third kappa shape index (κ3) is 2.89. The van der Waals surface area contributed by atoms with E-state index in [-0.39, 0.29) is 18.4 Å². The molecule has 7 heteroatoms. The van der Waals surface area contributed by atoms with E-state index in [1.807, 2.05) is 14.0 Å². The quantitative estimate of drug-likeness (QED) is 0.878. The number of carbonyl (C=O) groups excluding carboxylic acids is 2. The first-order valence-corrected chi connectivity index (χ1v) is 6.65. The van der Waals surface area contributed by atoms with Gasteiger partial charge in [0, 0.05) is 20.0 Å². The minimum absolute atomic E-state index is 0.0505. The van der Waals surface area contributed by atoms with Gasteiger partial charge in [-0.15, -0.1) is 0 Å². The molecule has 2 heterocycles. The number of hydrogen-bond acceptors (Lipinski definition) is 3. The van der Waals surface area contributed by atoms with Crippen LogP contribution in [-0.2, 0) is 29.6 Å². The van der Waals surface area contributed by atoms with Gasteiger partial charge in [-0.1, -0.05) is 18.5 Å². The molecule has 0 unspecified atom stereocenters. The zero-order valence-corrected chi connectivity index (χ0v) is 11.8. The summed E-state index contributed by atoms with van der Waals surface area (Å²) >= 11 is 6.26. The third-order valence-corrected chi connectivity index (χ3v) is 3.68. The highest BCUT2D eigenvalue weighted by Crippen LogP contribution is 2.22. The number of amides is 2. The average molecular weight is 285 g/mol. The first-order valence-electron chi connectivity index (χ1n) is 6.27. The van der Waals surface area contributed by atoms with Crippen LogP contribution < -0.4 is 5.32 Å². The zero-order valence-electron chi connectivity index (χ0n) is 11.1. The van der Waals surface area contributed by atoms with E-state index in [1.165, 1.54) is 0 Å². The van der Waals surface area contributed by atoms with Crippen LogP contribution in [0.2, 0.25) is 5.02 Å². The molecule has 1 aliphatic heterocycles. The summed E-state index contributed by atoms with van der Waals surface area (Å²) in [6, 6.07) is 0. The maximum absolute atomic E-state index is 11.9. The van der Waals surface area contributed by atoms with Crippen LogP contribution in [0.3, 0.4) is 0 Å². The van der Waals surface area contributed by atoms with Crippen LogP contribution in [0.1, 0.15) is 24.7 Å². The molecule has 104 valence electrons. The molecule has 19 heavy (non-hydrogen) atoms. The van der Waals surface area contributed by atoms with Crippen molar-refractivity contribution in [3.63, 3.8) is 0 Å². The van der Waals surface area contributed by atoms with Gasteiger partial charge >= 0.3 is 0 Å². The molecule has 0 spiro atoms. The summed E-state index contributed by atoms with van der Waals surface area (Å²) in [4.78, 5) is 24.8. The Kier molecular flexibility index (Phi) is 4.09. The Hall–Kier alpha value is -1.56. The van der Waals surface area contributed by atoms with Crippen molar-refractivity contribution in [1.82, 2.24) is 20.0 Å². The Balaban J connectivity index is 2.18. The summed E-state index contributed by atoms with van der Waals surface area (Å²) in [5, 5.41) is 7.50. The van der Waals surface area contributed by atoms with E-state index < -0.39 is 0 Å². The highest BCUT2D eigenvalue weighted by Gasteiger charge is 2.23. The van der Waals surface area contributed by atoms with Crippen molar-refractivity contribution < 1.29 is 9.59 Å². The Morgan fingerprint density at radius 3 is 2.79 bits per heavy atom. The van der Waals surface area contributed by atoms with Crippen molar-refractivity contribution in [2.45, 2.75) is 26.3 Å². The maximum atomic E-state index is 11.9. The van der Waals surface area contributed by atoms with E-state index in [2.05, 4.69) is 10.4 Å². The van der Waals surface area contributed by atoms with Crippen molar-refractivity contribution in [2.75, 3.05) is 13.1 Å². The fourth-order valence-electron chi connectivity index (χ4n) is 2.08. The molecule has 1 aliphatic rings. The van der Waals surface area contributed by atoms with Crippen molar-refractivity contribution >= 4 is 23.4 Å². The van der Waals surface area contributed by atoms with Gasteiger partial charge in [-0.3, -0.25) is 14.3 Å². The normalized spacial score (nSPS) is 16.5. The number of carbonyl (C=O) groups is 2. The summed E-state index contributed by atoms with van der Waals surface area (Å²) in [6.45, 7) is 2.83. The minimum Gasteiger partial charge on any atom is -0.347 e. The molecule has 0 radical (unpaired) electrons. The molecule has 0 aliphatic carbocycles. The maximum Gasteiger partial charge on any atom is 0.242 e. The van der Waals surface area contributed by atoms with Crippen LogP contribution in [0, 0.1) is 0 Å². The largest absolute Gasteiger partial charge is 0.347 e. The molecular formula is C12H17ClN4O2. The van der Waals surface area contributed by atoms with Crippen LogP contribution in [0.5, 0.6) is 0 Å². The highest BCUT2D eigenvalue weighted by molar-refractivity contribution is 6.31. The van der Waals surface area contributed by atoms with Crippen molar-refractivity contribution in [3.8, 4) is 0 Å². The minimum atomic E-state index is -0.0961. The molecule has 0 saturated carbocycles. The summed E-state index contributed by atoms with van der Waals surface area (Å²) in [5.41, 5.74) is 1.64. The molecule has 1 fully saturated rings. The van der Waals surface area contributed by atoms with Gasteiger partial charge in [0.15, 0.2) is 0 Å². The smallest absolute Gasteiger partial charge is 0.242 e. The van der Waals surface area contributed by atoms with Crippen LogP contribution >= 0.6 is 11.6 Å². The molecule has 2 rings (SSSR count). The number of halogens is 1. The molecule has 1 N–H and O–H groups in total. The van der Waals surface area contributed by atoms with Gasteiger partial charge in [-0.2, -0.15) is 5.10 Å². The van der Waals surface area contributed by atoms with Crippen molar-refractivity contribution in [3.05, 3.63) is 16.4 Å². The molecule has 0 atom stereocenters. The lowest BCUT2D eigenvalue weighted by molar-refractivity contribution is -0.130. The number of aromatic nitrogens is 2. The Morgan fingerprint density at radius 1 is 1.42 bits per heavy atom. The number of hydrogen-bond donors (Lipinski definition) is 1. The fourth-order valence-corrected chi connectivity index (χ4v) is 2.43. The summed E-state index contributed by atoms with van der Waals surface area (Å²) in [6.07, 6.45) is 1.07. The summed E-state index contributed by atoms with van der Waals surface area (Å²) in [7, 11) is 1.81. The molecule has 0 aromatic carbocycles. The van der Waals surface area contributed by atoms with E-state index in [0.717, 1.165) is 17.8 Å². The topological polar surface area (TPSA) is 67.2 Å². The second-order valence-electron chi connectivity index (χ2n) is 4.53. The molecular weight excluding hydrogens is 268 g/mol. The van der Waals surface area contributed by atoms with Crippen molar-refractivity contribution in [2.24, 2.45) is 7.05 Å². The predicted molar refractivity (Wildman–Crippen MR) is 70.6 cm³/mol. The van der Waals surface area contributed by atoms with Crippen LogP contribution in [0.4, 0.5) is 0 Å². The van der Waals surface area contributed by atoms with Crippen LogP contribution in [0.15, 0.2) is 0 Å². The van der Waals surface area contributed by atoms with E-state index in [1.54, 1.807) is 9.58 Å². The first-order chi connectivity index (χ1) is 9.02. The van der Waals surface area contributed by atoms with E-state index >= 15 is 0 Å². The lowest BCUT2D eigenvalue weighted by atomic mass is 10.2. The number of rotatable bonds is 3. The summed E-state index contributed by atoms with van der Waals surface area (Å²) in [5.74, 6) is -0.192. The first kappa shape index (κ1) is 13.9. The predicted octanol–water partition coefficient (Wildman–Crippen LogP) is 0.484. The standard InChI is InChI=1S/C12H17ClN4O2/c1-3-8-12(13)9(16(2)15-8)7-17-5-4-10(18)14-6-11(17)19/h3-7H2,1-2H3,(H,14,18). The molecule has 1 aromatic heterocycles. The van der Waals surface area contributed by atoms with Gasteiger partial charge < -0.3 is 10.2 Å². The number of nitrogens with one attached hydrogen (secondary N) is 1. The van der Waals surface area contributed by atoms with Gasteiger partial charge in [-0.25, -0.2) is 0 Å². The van der Waals surface area contributed by atoms with Gasteiger partial charge in [-0.05, 0) is 6.42 Å². The second kappa shape index (κ2) is 5.61. The molecule has 6 nitrogen and oxygen atoms in total. The van der Waals surface area contributed by atoms with Crippen molar-refractivity contribution in [1.29, 1.82) is 0 Å². The average Bonchev–Trinajstić information content (AvgIpc) is 2.55. The fraction of sp³-hybridized carbons (Fsp3) is 0.583. The summed E-state index contributed by atoms with van der Waals surface area (Å²) < 4.78 is 1.70. The lowest BCUT2D eigenvalue weighted by Gasteiger charge is -2.19. The van der Waals surface area contributed by atoms with Gasteiger partial charge in [0.2, 0.25) is 11.8 Å². The molecule has 1 aromatic rings.